The molecule has 138 valence electrons. The highest BCUT2D eigenvalue weighted by molar-refractivity contribution is 5.98. The fourth-order valence-corrected chi connectivity index (χ4v) is 3.93. The first-order valence-corrected chi connectivity index (χ1v) is 9.59. The molecule has 1 N–H and O–H groups in total. The van der Waals surface area contributed by atoms with Crippen LogP contribution in [0.25, 0.3) is 5.69 Å². The maximum atomic E-state index is 12.7. The molecule has 0 aliphatic carbocycles. The summed E-state index contributed by atoms with van der Waals surface area (Å²) in [5.74, 6) is 0.150. The Bertz CT molecular complexity index is 999. The highest BCUT2D eigenvalue weighted by Crippen LogP contribution is 2.38. The number of amides is 1. The van der Waals surface area contributed by atoms with Gasteiger partial charge >= 0.3 is 0 Å². The quantitative estimate of drug-likeness (QED) is 0.734. The molecule has 4 rings (SSSR count). The third kappa shape index (κ3) is 2.85. The number of aryl methyl sites for hydroxylation is 2. The smallest absolute Gasteiger partial charge is 0.272 e. The van der Waals surface area contributed by atoms with Crippen LogP contribution in [0.2, 0.25) is 0 Å². The summed E-state index contributed by atoms with van der Waals surface area (Å²) in [6, 6.07) is 16.5. The van der Waals surface area contributed by atoms with E-state index in [0.29, 0.717) is 5.69 Å². The largest absolute Gasteiger partial charge is 0.340 e. The Morgan fingerprint density at radius 1 is 1.11 bits per heavy atom. The number of para-hydroxylation sites is 1. The van der Waals surface area contributed by atoms with Crippen LogP contribution in [-0.2, 0) is 6.42 Å². The SMILES string of the molecule is CCc1ccccc1-n1nc2c(c1C(C)C)C(c1ccc(C)cc1)NC2=O. The zero-order valence-electron chi connectivity index (χ0n) is 16.3. The van der Waals surface area contributed by atoms with Gasteiger partial charge in [0.05, 0.1) is 17.4 Å². The topological polar surface area (TPSA) is 46.9 Å². The van der Waals surface area contributed by atoms with Crippen LogP contribution < -0.4 is 5.32 Å². The molecule has 4 nitrogen and oxygen atoms in total. The van der Waals surface area contributed by atoms with E-state index in [1.165, 1.54) is 11.1 Å². The van der Waals surface area contributed by atoms with Gasteiger partial charge in [-0.1, -0.05) is 68.8 Å². The Labute approximate surface area is 160 Å². The second-order valence-electron chi connectivity index (χ2n) is 7.51. The van der Waals surface area contributed by atoms with E-state index in [-0.39, 0.29) is 17.9 Å². The molecule has 1 unspecified atom stereocenters. The zero-order valence-corrected chi connectivity index (χ0v) is 16.3. The van der Waals surface area contributed by atoms with E-state index in [9.17, 15) is 4.79 Å². The van der Waals surface area contributed by atoms with Gasteiger partial charge < -0.3 is 5.32 Å². The number of aromatic nitrogens is 2. The van der Waals surface area contributed by atoms with Crippen molar-refractivity contribution in [3.8, 4) is 5.69 Å². The second-order valence-corrected chi connectivity index (χ2v) is 7.51. The molecule has 0 saturated carbocycles. The Morgan fingerprint density at radius 3 is 2.48 bits per heavy atom. The Balaban J connectivity index is 1.93. The number of rotatable bonds is 4. The van der Waals surface area contributed by atoms with Crippen LogP contribution in [0.4, 0.5) is 0 Å². The van der Waals surface area contributed by atoms with Crippen molar-refractivity contribution in [2.24, 2.45) is 0 Å². The maximum absolute atomic E-state index is 12.7. The van der Waals surface area contributed by atoms with E-state index < -0.39 is 0 Å². The van der Waals surface area contributed by atoms with Gasteiger partial charge in [-0.3, -0.25) is 4.79 Å². The van der Waals surface area contributed by atoms with E-state index in [4.69, 9.17) is 5.10 Å². The standard InChI is InChI=1S/C23H25N3O/c1-5-16-8-6-7-9-18(16)26-22(14(2)3)19-20(24-23(27)21(19)25-26)17-12-10-15(4)11-13-17/h6-14,20H,5H2,1-4H3,(H,24,27). The highest BCUT2D eigenvalue weighted by atomic mass is 16.2. The van der Waals surface area contributed by atoms with Crippen molar-refractivity contribution in [3.63, 3.8) is 0 Å². The van der Waals surface area contributed by atoms with Crippen molar-refractivity contribution in [3.05, 3.63) is 82.2 Å². The molecule has 4 heteroatoms. The molecule has 1 aliphatic heterocycles. The molecule has 0 saturated heterocycles. The fourth-order valence-electron chi connectivity index (χ4n) is 3.93. The summed E-state index contributed by atoms with van der Waals surface area (Å²) in [6.45, 7) is 8.54. The molecule has 1 atom stereocenters. The molecule has 0 spiro atoms. The summed E-state index contributed by atoms with van der Waals surface area (Å²) < 4.78 is 1.99. The van der Waals surface area contributed by atoms with Crippen LogP contribution in [0.5, 0.6) is 0 Å². The lowest BCUT2D eigenvalue weighted by Crippen LogP contribution is -2.23. The van der Waals surface area contributed by atoms with E-state index >= 15 is 0 Å². The molecule has 1 amide bonds. The van der Waals surface area contributed by atoms with Crippen molar-refractivity contribution in [1.29, 1.82) is 0 Å². The van der Waals surface area contributed by atoms with E-state index in [0.717, 1.165) is 28.9 Å². The Morgan fingerprint density at radius 2 is 1.81 bits per heavy atom. The number of benzene rings is 2. The van der Waals surface area contributed by atoms with E-state index in [2.05, 4.69) is 75.5 Å². The number of nitrogens with one attached hydrogen (secondary N) is 1. The molecule has 0 bridgehead atoms. The third-order valence-electron chi connectivity index (χ3n) is 5.30. The average molecular weight is 359 g/mol. The first-order chi connectivity index (χ1) is 13.0. The number of carbonyl (C=O) groups is 1. The molecule has 2 aromatic carbocycles. The lowest BCUT2D eigenvalue weighted by Gasteiger charge is -2.19. The third-order valence-corrected chi connectivity index (χ3v) is 5.30. The van der Waals surface area contributed by atoms with Crippen LogP contribution in [0, 0.1) is 6.92 Å². The van der Waals surface area contributed by atoms with Crippen LogP contribution in [0.3, 0.4) is 0 Å². The summed E-state index contributed by atoms with van der Waals surface area (Å²) in [6.07, 6.45) is 0.922. The fraction of sp³-hybridized carbons (Fsp3) is 0.304. The first kappa shape index (κ1) is 17.5. The average Bonchev–Trinajstić information content (AvgIpc) is 3.20. The monoisotopic (exact) mass is 359 g/mol. The van der Waals surface area contributed by atoms with Crippen molar-refractivity contribution >= 4 is 5.91 Å². The molecule has 1 aliphatic rings. The van der Waals surface area contributed by atoms with Crippen LogP contribution in [0.1, 0.15) is 71.2 Å². The summed E-state index contributed by atoms with van der Waals surface area (Å²) in [5, 5.41) is 7.89. The molecule has 2 heterocycles. The van der Waals surface area contributed by atoms with E-state index in [1.807, 2.05) is 10.7 Å². The van der Waals surface area contributed by atoms with Crippen LogP contribution in [0.15, 0.2) is 48.5 Å². The van der Waals surface area contributed by atoms with Gasteiger partial charge in [0.1, 0.15) is 0 Å². The van der Waals surface area contributed by atoms with Gasteiger partial charge in [-0.05, 0) is 36.5 Å². The van der Waals surface area contributed by atoms with Crippen molar-refractivity contribution in [1.82, 2.24) is 15.1 Å². The lowest BCUT2D eigenvalue weighted by molar-refractivity contribution is 0.0955. The minimum absolute atomic E-state index is 0.0924. The lowest BCUT2D eigenvalue weighted by atomic mass is 9.94. The predicted molar refractivity (Wildman–Crippen MR) is 108 cm³/mol. The summed E-state index contributed by atoms with van der Waals surface area (Å²) >= 11 is 0. The summed E-state index contributed by atoms with van der Waals surface area (Å²) in [5.41, 5.74) is 7.27. The van der Waals surface area contributed by atoms with Crippen molar-refractivity contribution in [2.75, 3.05) is 0 Å². The molecule has 27 heavy (non-hydrogen) atoms. The molecular formula is C23H25N3O. The minimum atomic E-state index is -0.145. The van der Waals surface area contributed by atoms with Gasteiger partial charge in [0.15, 0.2) is 5.69 Å². The van der Waals surface area contributed by atoms with Gasteiger partial charge in [0.25, 0.3) is 5.91 Å². The number of hydrogen-bond donors (Lipinski definition) is 1. The molecule has 0 fully saturated rings. The number of fused-ring (bicyclic) bond motifs is 1. The Kier molecular flexibility index (Phi) is 4.34. The van der Waals surface area contributed by atoms with Gasteiger partial charge in [0, 0.05) is 5.56 Å². The molecule has 3 aromatic rings. The van der Waals surface area contributed by atoms with Crippen molar-refractivity contribution in [2.45, 2.75) is 46.1 Å². The van der Waals surface area contributed by atoms with Gasteiger partial charge in [-0.2, -0.15) is 5.10 Å². The first-order valence-electron chi connectivity index (χ1n) is 9.59. The maximum Gasteiger partial charge on any atom is 0.272 e. The van der Waals surface area contributed by atoms with Crippen molar-refractivity contribution < 1.29 is 4.79 Å². The normalized spacial score (nSPS) is 15.9. The molecule has 1 aromatic heterocycles. The van der Waals surface area contributed by atoms with Gasteiger partial charge in [0.2, 0.25) is 0 Å². The second kappa shape index (κ2) is 6.69. The van der Waals surface area contributed by atoms with E-state index in [1.54, 1.807) is 0 Å². The predicted octanol–water partition coefficient (Wildman–Crippen LogP) is 4.70. The zero-order chi connectivity index (χ0) is 19.1. The number of hydrogen-bond acceptors (Lipinski definition) is 2. The number of carbonyl (C=O) groups excluding carboxylic acids is 1. The molecule has 0 radical (unpaired) electrons. The molecular weight excluding hydrogens is 334 g/mol. The summed E-state index contributed by atoms with van der Waals surface area (Å²) in [4.78, 5) is 12.7. The summed E-state index contributed by atoms with van der Waals surface area (Å²) in [7, 11) is 0. The van der Waals surface area contributed by atoms with Gasteiger partial charge in [-0.25, -0.2) is 4.68 Å². The van der Waals surface area contributed by atoms with Crippen LogP contribution >= 0.6 is 0 Å². The van der Waals surface area contributed by atoms with Crippen LogP contribution in [-0.4, -0.2) is 15.7 Å². The van der Waals surface area contributed by atoms with Gasteiger partial charge in [-0.15, -0.1) is 0 Å². The highest BCUT2D eigenvalue weighted by Gasteiger charge is 2.38. The number of nitrogens with zero attached hydrogens (tertiary/aromatic N) is 2. The Hall–Kier alpha value is -2.88. The minimum Gasteiger partial charge on any atom is -0.340 e.